The molecule has 0 aliphatic rings. The first-order chi connectivity index (χ1) is 5.77. The highest BCUT2D eigenvalue weighted by Crippen LogP contribution is 2.04. The van der Waals surface area contributed by atoms with Crippen LogP contribution in [-0.4, -0.2) is 14.7 Å². The van der Waals surface area contributed by atoms with Crippen LogP contribution in [0.2, 0.25) is 0 Å². The van der Waals surface area contributed by atoms with E-state index in [1.54, 1.807) is 6.20 Å². The topological polar surface area (TPSA) is 38.0 Å². The molecule has 1 aromatic rings. The fourth-order valence-corrected chi connectivity index (χ4v) is 0.988. The lowest BCUT2D eigenvalue weighted by Gasteiger charge is -2.06. The number of hydrogen-bond donors (Lipinski definition) is 1. The normalized spacial score (nSPS) is 10.2. The smallest absolute Gasteiger partial charge is 0.134 e. The molecule has 3 heteroatoms. The maximum Gasteiger partial charge on any atom is 0.134 e. The summed E-state index contributed by atoms with van der Waals surface area (Å²) in [7, 11) is 0. The standard InChI is InChI=1S/C9H14N2O/c1-3-8(2)6-11-5-4-10-9(11)7-12/h4-5,12H,2-3,6-7H2,1H3. The molecule has 1 aromatic heterocycles. The van der Waals surface area contributed by atoms with Crippen LogP contribution in [0.4, 0.5) is 0 Å². The van der Waals surface area contributed by atoms with Crippen molar-refractivity contribution in [3.63, 3.8) is 0 Å². The van der Waals surface area contributed by atoms with E-state index in [0.717, 1.165) is 18.5 Å². The van der Waals surface area contributed by atoms with Crippen LogP contribution < -0.4 is 0 Å². The molecule has 0 atom stereocenters. The molecule has 3 nitrogen and oxygen atoms in total. The molecule has 12 heavy (non-hydrogen) atoms. The fourth-order valence-electron chi connectivity index (χ4n) is 0.988. The zero-order valence-electron chi connectivity index (χ0n) is 7.32. The first-order valence-electron chi connectivity index (χ1n) is 4.05. The molecule has 1 N–H and O–H groups in total. The number of aromatic nitrogens is 2. The van der Waals surface area contributed by atoms with E-state index in [4.69, 9.17) is 5.11 Å². The van der Waals surface area contributed by atoms with Crippen molar-refractivity contribution in [1.29, 1.82) is 0 Å². The Hall–Kier alpha value is -1.09. The van der Waals surface area contributed by atoms with Crippen molar-refractivity contribution in [1.82, 2.24) is 9.55 Å². The molecular weight excluding hydrogens is 152 g/mol. The molecule has 1 heterocycles. The average molecular weight is 166 g/mol. The zero-order chi connectivity index (χ0) is 8.97. The molecule has 0 bridgehead atoms. The van der Waals surface area contributed by atoms with E-state index >= 15 is 0 Å². The van der Waals surface area contributed by atoms with Gasteiger partial charge in [-0.2, -0.15) is 0 Å². The van der Waals surface area contributed by atoms with Crippen LogP contribution in [0.1, 0.15) is 19.2 Å². The third-order valence-corrected chi connectivity index (χ3v) is 1.84. The van der Waals surface area contributed by atoms with Crippen molar-refractivity contribution < 1.29 is 5.11 Å². The van der Waals surface area contributed by atoms with Gasteiger partial charge in [0.05, 0.1) is 0 Å². The molecule has 0 unspecified atom stereocenters. The number of nitrogens with zero attached hydrogens (tertiary/aromatic N) is 2. The van der Waals surface area contributed by atoms with Gasteiger partial charge in [0.25, 0.3) is 0 Å². The highest BCUT2D eigenvalue weighted by Gasteiger charge is 2.00. The summed E-state index contributed by atoms with van der Waals surface area (Å²) >= 11 is 0. The van der Waals surface area contributed by atoms with Gasteiger partial charge in [0.2, 0.25) is 0 Å². The van der Waals surface area contributed by atoms with Gasteiger partial charge >= 0.3 is 0 Å². The third-order valence-electron chi connectivity index (χ3n) is 1.84. The van der Waals surface area contributed by atoms with Crippen LogP contribution in [0.5, 0.6) is 0 Å². The fraction of sp³-hybridized carbons (Fsp3) is 0.444. The number of aliphatic hydroxyl groups excluding tert-OH is 1. The Balaban J connectivity index is 2.68. The minimum absolute atomic E-state index is 0.00993. The minimum atomic E-state index is -0.00993. The van der Waals surface area contributed by atoms with Crippen LogP contribution in [0.3, 0.4) is 0 Å². The zero-order valence-corrected chi connectivity index (χ0v) is 7.32. The summed E-state index contributed by atoms with van der Waals surface area (Å²) in [6, 6.07) is 0. The Kier molecular flexibility index (Phi) is 3.05. The van der Waals surface area contributed by atoms with Crippen molar-refractivity contribution in [2.45, 2.75) is 26.5 Å². The van der Waals surface area contributed by atoms with Gasteiger partial charge in [-0.3, -0.25) is 0 Å². The summed E-state index contributed by atoms with van der Waals surface area (Å²) in [5, 5.41) is 8.88. The van der Waals surface area contributed by atoms with Crippen molar-refractivity contribution in [3.05, 3.63) is 30.4 Å². The highest BCUT2D eigenvalue weighted by atomic mass is 16.3. The monoisotopic (exact) mass is 166 g/mol. The first-order valence-corrected chi connectivity index (χ1v) is 4.05. The first kappa shape index (κ1) is 9.00. The van der Waals surface area contributed by atoms with Crippen molar-refractivity contribution >= 4 is 0 Å². The van der Waals surface area contributed by atoms with Gasteiger partial charge in [0.1, 0.15) is 12.4 Å². The summed E-state index contributed by atoms with van der Waals surface area (Å²) in [5.41, 5.74) is 1.14. The predicted molar refractivity (Wildman–Crippen MR) is 47.6 cm³/mol. The molecule has 66 valence electrons. The average Bonchev–Trinajstić information content (AvgIpc) is 2.51. The molecule has 0 spiro atoms. The summed E-state index contributed by atoms with van der Waals surface area (Å²) in [6.45, 7) is 6.71. The van der Waals surface area contributed by atoms with Gasteiger partial charge in [0, 0.05) is 18.9 Å². The SMILES string of the molecule is C=C(CC)Cn1ccnc1CO. The molecule has 0 fully saturated rings. The highest BCUT2D eigenvalue weighted by molar-refractivity contribution is 4.99. The molecule has 0 saturated carbocycles. The van der Waals surface area contributed by atoms with Crippen LogP contribution in [0.15, 0.2) is 24.5 Å². The van der Waals surface area contributed by atoms with Crippen LogP contribution in [0.25, 0.3) is 0 Å². The van der Waals surface area contributed by atoms with Gasteiger partial charge in [-0.25, -0.2) is 4.98 Å². The van der Waals surface area contributed by atoms with E-state index < -0.39 is 0 Å². The third kappa shape index (κ3) is 1.95. The van der Waals surface area contributed by atoms with E-state index in [1.807, 2.05) is 10.8 Å². The lowest BCUT2D eigenvalue weighted by atomic mass is 10.2. The molecule has 0 radical (unpaired) electrons. The lowest BCUT2D eigenvalue weighted by Crippen LogP contribution is -2.04. The Morgan fingerprint density at radius 2 is 2.50 bits per heavy atom. The Morgan fingerprint density at radius 1 is 1.75 bits per heavy atom. The van der Waals surface area contributed by atoms with Crippen molar-refractivity contribution in [3.8, 4) is 0 Å². The maximum atomic E-state index is 8.88. The second-order valence-corrected chi connectivity index (χ2v) is 2.73. The van der Waals surface area contributed by atoms with Crippen LogP contribution >= 0.6 is 0 Å². The number of allylic oxidation sites excluding steroid dienone is 1. The number of hydrogen-bond acceptors (Lipinski definition) is 2. The second kappa shape index (κ2) is 4.07. The van der Waals surface area contributed by atoms with E-state index in [-0.39, 0.29) is 6.61 Å². The molecule has 0 amide bonds. The number of rotatable bonds is 4. The molecule has 0 aliphatic heterocycles. The molecule has 0 aromatic carbocycles. The van der Waals surface area contributed by atoms with E-state index in [0.29, 0.717) is 5.82 Å². The van der Waals surface area contributed by atoms with Crippen LogP contribution in [-0.2, 0) is 13.2 Å². The van der Waals surface area contributed by atoms with Gasteiger partial charge in [-0.05, 0) is 6.42 Å². The molecular formula is C9H14N2O. The van der Waals surface area contributed by atoms with E-state index in [2.05, 4.69) is 18.5 Å². The predicted octanol–water partition coefficient (Wildman–Crippen LogP) is 1.34. The number of imidazole rings is 1. The molecule has 0 saturated heterocycles. The summed E-state index contributed by atoms with van der Waals surface area (Å²) < 4.78 is 1.91. The summed E-state index contributed by atoms with van der Waals surface area (Å²) in [4.78, 5) is 3.99. The largest absolute Gasteiger partial charge is 0.388 e. The van der Waals surface area contributed by atoms with E-state index in [1.165, 1.54) is 0 Å². The van der Waals surface area contributed by atoms with Gasteiger partial charge < -0.3 is 9.67 Å². The molecule has 1 rings (SSSR count). The van der Waals surface area contributed by atoms with E-state index in [9.17, 15) is 0 Å². The Labute approximate surface area is 72.4 Å². The quantitative estimate of drug-likeness (QED) is 0.685. The van der Waals surface area contributed by atoms with Gasteiger partial charge in [0.15, 0.2) is 0 Å². The Bertz CT molecular complexity index is 265. The number of aliphatic hydroxyl groups is 1. The van der Waals surface area contributed by atoms with Crippen molar-refractivity contribution in [2.75, 3.05) is 0 Å². The van der Waals surface area contributed by atoms with Crippen molar-refractivity contribution in [2.24, 2.45) is 0 Å². The minimum Gasteiger partial charge on any atom is -0.388 e. The lowest BCUT2D eigenvalue weighted by molar-refractivity contribution is 0.266. The second-order valence-electron chi connectivity index (χ2n) is 2.73. The van der Waals surface area contributed by atoms with Gasteiger partial charge in [-0.1, -0.05) is 19.1 Å². The maximum absolute atomic E-state index is 8.88. The van der Waals surface area contributed by atoms with Crippen LogP contribution in [0, 0.1) is 0 Å². The van der Waals surface area contributed by atoms with Gasteiger partial charge in [-0.15, -0.1) is 0 Å². The summed E-state index contributed by atoms with van der Waals surface area (Å²) in [6.07, 6.45) is 4.50. The Morgan fingerprint density at radius 3 is 3.08 bits per heavy atom. The summed E-state index contributed by atoms with van der Waals surface area (Å²) in [5.74, 6) is 0.699. The molecule has 0 aliphatic carbocycles.